The first kappa shape index (κ1) is 49.5. The summed E-state index contributed by atoms with van der Waals surface area (Å²) in [5.74, 6) is 0. The quantitative estimate of drug-likeness (QED) is 0.0555. The monoisotopic (exact) mass is 1000 g/mol. The maximum Gasteiger partial charge on any atom is 0.0468 e. The van der Waals surface area contributed by atoms with E-state index in [1.54, 1.807) is 11.1 Å². The number of halogens is 2. The van der Waals surface area contributed by atoms with Crippen LogP contribution in [-0.4, -0.2) is 0 Å². The lowest BCUT2D eigenvalue weighted by atomic mass is 9.85. The molecule has 0 unspecified atom stereocenters. The molecule has 0 aliphatic rings. The van der Waals surface area contributed by atoms with E-state index in [2.05, 4.69) is 231 Å². The van der Waals surface area contributed by atoms with Crippen LogP contribution in [0.5, 0.6) is 0 Å². The van der Waals surface area contributed by atoms with Crippen LogP contribution in [0.1, 0.15) is 155 Å². The molecule has 0 aromatic heterocycles. The van der Waals surface area contributed by atoms with Crippen molar-refractivity contribution < 1.29 is 0 Å². The Morgan fingerprint density at radius 3 is 0.939 bits per heavy atom. The third kappa shape index (κ3) is 12.2. The van der Waals surface area contributed by atoms with Crippen LogP contribution in [0.15, 0.2) is 142 Å². The molecule has 66 heavy (non-hydrogen) atoms. The van der Waals surface area contributed by atoms with Crippen molar-refractivity contribution in [3.05, 3.63) is 165 Å². The van der Waals surface area contributed by atoms with Gasteiger partial charge in [0, 0.05) is 43.1 Å². The summed E-state index contributed by atoms with van der Waals surface area (Å²) in [4.78, 5) is 4.91. The van der Waals surface area contributed by atoms with Crippen LogP contribution in [0.4, 0.5) is 34.1 Å². The second-order valence-corrected chi connectivity index (χ2v) is 22.5. The Bertz CT molecular complexity index is 2530. The van der Waals surface area contributed by atoms with E-state index in [9.17, 15) is 0 Å². The molecule has 0 spiro atoms. The van der Waals surface area contributed by atoms with Gasteiger partial charge in [0.25, 0.3) is 0 Å². The number of hydrogen-bond acceptors (Lipinski definition) is 2. The number of hydrogen-bond donors (Lipinski definition) is 0. The molecule has 0 amide bonds. The molecule has 7 aromatic carbocycles. The Labute approximate surface area is 415 Å². The fraction of sp³-hybridized carbons (Fsp3) is 0.387. The lowest BCUT2D eigenvalue weighted by molar-refractivity contribution is 0.590. The summed E-state index contributed by atoms with van der Waals surface area (Å²) in [6, 6.07) is 50.7. The SMILES string of the molecule is CCCCCCCCc1c(CCCCCCCC)c2cc(N(c3ccc(C(C)(C)C)cc3)c3ccc(C(C)(C)C)cc3)ccc2c2ccc(N(c3ccc(Br)cc3)c3ccc(Br)cc3)cc12. The van der Waals surface area contributed by atoms with Crippen molar-refractivity contribution in [2.75, 3.05) is 9.80 Å². The van der Waals surface area contributed by atoms with Gasteiger partial charge in [-0.15, -0.1) is 0 Å². The summed E-state index contributed by atoms with van der Waals surface area (Å²) in [5.41, 5.74) is 13.0. The van der Waals surface area contributed by atoms with Gasteiger partial charge in [-0.05, 0) is 177 Å². The van der Waals surface area contributed by atoms with Crippen molar-refractivity contribution in [3.8, 4) is 0 Å². The first-order valence-corrected chi connectivity index (χ1v) is 26.7. The number of fused-ring (bicyclic) bond motifs is 3. The largest absolute Gasteiger partial charge is 0.310 e. The third-order valence-electron chi connectivity index (χ3n) is 13.5. The van der Waals surface area contributed by atoms with Gasteiger partial charge in [-0.2, -0.15) is 0 Å². The maximum atomic E-state index is 3.70. The van der Waals surface area contributed by atoms with E-state index < -0.39 is 0 Å². The van der Waals surface area contributed by atoms with E-state index in [4.69, 9.17) is 0 Å². The van der Waals surface area contributed by atoms with Gasteiger partial charge in [0.1, 0.15) is 0 Å². The molecule has 0 aliphatic heterocycles. The van der Waals surface area contributed by atoms with Crippen LogP contribution in [0.25, 0.3) is 21.5 Å². The molecule has 0 saturated heterocycles. The highest BCUT2D eigenvalue weighted by Gasteiger charge is 2.22. The second-order valence-electron chi connectivity index (χ2n) is 20.7. The number of nitrogens with zero attached hydrogens (tertiary/aromatic N) is 2. The Hall–Kier alpha value is -4.38. The number of aryl methyl sites for hydroxylation is 2. The smallest absolute Gasteiger partial charge is 0.0468 e. The van der Waals surface area contributed by atoms with Gasteiger partial charge in [-0.25, -0.2) is 0 Å². The highest BCUT2D eigenvalue weighted by atomic mass is 79.9. The number of rotatable bonds is 20. The van der Waals surface area contributed by atoms with Crippen molar-refractivity contribution in [2.24, 2.45) is 0 Å². The van der Waals surface area contributed by atoms with Gasteiger partial charge in [-0.3, -0.25) is 0 Å². The van der Waals surface area contributed by atoms with Gasteiger partial charge in [0.05, 0.1) is 0 Å². The molecular formula is C62H74Br2N2. The zero-order valence-corrected chi connectivity index (χ0v) is 44.4. The van der Waals surface area contributed by atoms with Gasteiger partial charge in [0.15, 0.2) is 0 Å². The van der Waals surface area contributed by atoms with Crippen molar-refractivity contribution in [1.29, 1.82) is 0 Å². The zero-order valence-electron chi connectivity index (χ0n) is 41.3. The third-order valence-corrected chi connectivity index (χ3v) is 14.6. The number of anilines is 6. The molecule has 0 radical (unpaired) electrons. The van der Waals surface area contributed by atoms with Gasteiger partial charge in [0.2, 0.25) is 0 Å². The lowest BCUT2D eigenvalue weighted by Crippen LogP contribution is -2.14. The van der Waals surface area contributed by atoms with Crippen LogP contribution in [0.2, 0.25) is 0 Å². The summed E-state index contributed by atoms with van der Waals surface area (Å²) in [6.45, 7) is 18.4. The van der Waals surface area contributed by atoms with Crippen LogP contribution >= 0.6 is 31.9 Å². The molecule has 0 saturated carbocycles. The summed E-state index contributed by atoms with van der Waals surface area (Å²) in [7, 11) is 0. The van der Waals surface area contributed by atoms with Gasteiger partial charge in [-0.1, -0.05) is 188 Å². The summed E-state index contributed by atoms with van der Waals surface area (Å²) >= 11 is 7.41. The molecule has 0 fully saturated rings. The first-order chi connectivity index (χ1) is 31.8. The summed E-state index contributed by atoms with van der Waals surface area (Å²) in [5, 5.41) is 5.49. The fourth-order valence-corrected chi connectivity index (χ4v) is 10.2. The first-order valence-electron chi connectivity index (χ1n) is 25.1. The molecule has 0 N–H and O–H groups in total. The zero-order chi connectivity index (χ0) is 46.8. The predicted molar refractivity (Wildman–Crippen MR) is 298 cm³/mol. The standard InChI is InChI=1S/C62H74Br2N2/c1-9-11-13-15-17-19-21-55-56(22-20-18-16-14-12-10-2)60-44-54(66(51-35-27-47(63)28-36-51)52-37-29-48(64)30-38-52)40-42-58(60)57-41-39-53(43-59(55)57)65(49-31-23-45(24-32-49)61(3,4)5)50-33-25-46(26-34-50)62(6,7)8/h23-44H,9-22H2,1-8H3. The van der Waals surface area contributed by atoms with Crippen molar-refractivity contribution in [2.45, 2.75) is 156 Å². The Morgan fingerprint density at radius 1 is 0.333 bits per heavy atom. The fourth-order valence-electron chi connectivity index (χ4n) is 9.67. The molecule has 0 heterocycles. The van der Waals surface area contributed by atoms with Gasteiger partial charge >= 0.3 is 0 Å². The van der Waals surface area contributed by atoms with Crippen LogP contribution in [-0.2, 0) is 23.7 Å². The predicted octanol–water partition coefficient (Wildman–Crippen LogP) is 20.9. The average Bonchev–Trinajstić information content (AvgIpc) is 3.30. The molecule has 7 aromatic rings. The Kier molecular flexibility index (Phi) is 17.0. The van der Waals surface area contributed by atoms with Crippen molar-refractivity contribution in [1.82, 2.24) is 0 Å². The topological polar surface area (TPSA) is 6.48 Å². The van der Waals surface area contributed by atoms with E-state index in [0.717, 1.165) is 33.2 Å². The Morgan fingerprint density at radius 2 is 0.621 bits per heavy atom. The van der Waals surface area contributed by atoms with Crippen LogP contribution in [0, 0.1) is 0 Å². The molecular weight excluding hydrogens is 933 g/mol. The van der Waals surface area contributed by atoms with Gasteiger partial charge < -0.3 is 9.80 Å². The molecule has 346 valence electrons. The summed E-state index contributed by atoms with van der Waals surface area (Å²) in [6.07, 6.45) is 17.6. The molecule has 0 aliphatic carbocycles. The minimum Gasteiger partial charge on any atom is -0.310 e. The Balaban J connectivity index is 1.45. The van der Waals surface area contributed by atoms with E-state index in [0.29, 0.717) is 0 Å². The normalized spacial score (nSPS) is 12.0. The van der Waals surface area contributed by atoms with Crippen LogP contribution in [0.3, 0.4) is 0 Å². The summed E-state index contributed by atoms with van der Waals surface area (Å²) < 4.78 is 2.16. The minimum absolute atomic E-state index is 0.0763. The number of benzene rings is 7. The number of unbranched alkanes of at least 4 members (excludes halogenated alkanes) is 10. The molecule has 2 nitrogen and oxygen atoms in total. The molecule has 4 heteroatoms. The molecule has 0 atom stereocenters. The maximum absolute atomic E-state index is 3.70. The van der Waals surface area contributed by atoms with E-state index in [-0.39, 0.29) is 10.8 Å². The highest BCUT2D eigenvalue weighted by molar-refractivity contribution is 9.10. The molecule has 7 rings (SSSR count). The van der Waals surface area contributed by atoms with Crippen molar-refractivity contribution in [3.63, 3.8) is 0 Å². The van der Waals surface area contributed by atoms with Crippen LogP contribution < -0.4 is 9.80 Å². The lowest BCUT2D eigenvalue weighted by Gasteiger charge is -2.29. The van der Waals surface area contributed by atoms with E-state index in [1.165, 1.54) is 132 Å². The van der Waals surface area contributed by atoms with E-state index in [1.807, 2.05) is 0 Å². The highest BCUT2D eigenvalue weighted by Crippen LogP contribution is 2.44. The van der Waals surface area contributed by atoms with Crippen molar-refractivity contribution >= 4 is 87.5 Å². The second kappa shape index (κ2) is 22.6. The molecule has 0 bridgehead atoms. The van der Waals surface area contributed by atoms with E-state index >= 15 is 0 Å². The minimum atomic E-state index is 0.0763. The average molecular weight is 1010 g/mol.